The first-order valence-corrected chi connectivity index (χ1v) is 10.5. The summed E-state index contributed by atoms with van der Waals surface area (Å²) in [4.78, 5) is 5.10. The Hall–Kier alpha value is -2.05. The Kier molecular flexibility index (Phi) is 5.53. The highest BCUT2D eigenvalue weighted by atomic mass is 32.2. The van der Waals surface area contributed by atoms with Crippen LogP contribution < -0.4 is 9.62 Å². The average molecular weight is 374 g/mol. The summed E-state index contributed by atoms with van der Waals surface area (Å²) in [5.41, 5.74) is 3.52. The van der Waals surface area contributed by atoms with Crippen LogP contribution in [0.3, 0.4) is 0 Å². The molecule has 6 heteroatoms. The van der Waals surface area contributed by atoms with Gasteiger partial charge in [0.15, 0.2) is 0 Å². The number of nitrogens with one attached hydrogen (secondary N) is 1. The molecule has 0 unspecified atom stereocenters. The second-order valence-electron chi connectivity index (χ2n) is 6.84. The van der Waals surface area contributed by atoms with Gasteiger partial charge in [-0.1, -0.05) is 24.6 Å². The summed E-state index contributed by atoms with van der Waals surface area (Å²) in [5.74, 6) is 0. The third kappa shape index (κ3) is 4.19. The van der Waals surface area contributed by atoms with Gasteiger partial charge in [0.1, 0.15) is 0 Å². The lowest BCUT2D eigenvalue weighted by Gasteiger charge is -2.35. The molecule has 2 aromatic carbocycles. The number of aryl methyl sites for hydroxylation is 2. The minimum atomic E-state index is -3.58. The maximum atomic E-state index is 12.7. The van der Waals surface area contributed by atoms with Crippen LogP contribution in [0.4, 0.5) is 11.4 Å². The lowest BCUT2D eigenvalue weighted by molar-refractivity contribution is 0.271. The van der Waals surface area contributed by atoms with Gasteiger partial charge in [-0.15, -0.1) is 0 Å². The Bertz CT molecular complexity index is 855. The Labute approximate surface area is 156 Å². The van der Waals surface area contributed by atoms with Crippen molar-refractivity contribution in [2.75, 3.05) is 42.3 Å². The zero-order valence-corrected chi connectivity index (χ0v) is 16.5. The lowest BCUT2D eigenvalue weighted by Crippen LogP contribution is -2.46. The highest BCUT2D eigenvalue weighted by Crippen LogP contribution is 2.23. The van der Waals surface area contributed by atoms with Gasteiger partial charge in [-0.25, -0.2) is 8.42 Å². The van der Waals surface area contributed by atoms with Gasteiger partial charge in [0.25, 0.3) is 10.0 Å². The summed E-state index contributed by atoms with van der Waals surface area (Å²) < 4.78 is 28.0. The van der Waals surface area contributed by atoms with E-state index in [0.29, 0.717) is 10.6 Å². The standard InChI is InChI=1S/C20H27N3O2S/c1-4-22-11-13-23(14-12-22)19-8-6-18(7-9-19)21-26(24,25)20-10-5-16(2)15-17(20)3/h5-10,15,21H,4,11-14H2,1-3H3. The number of likely N-dealkylation sites (N-methyl/N-ethyl adjacent to an activating group) is 1. The summed E-state index contributed by atoms with van der Waals surface area (Å²) in [6, 6.07) is 13.0. The number of hydrogen-bond acceptors (Lipinski definition) is 4. The average Bonchev–Trinajstić information content (AvgIpc) is 2.62. The van der Waals surface area contributed by atoms with E-state index in [1.54, 1.807) is 6.07 Å². The number of sulfonamides is 1. The molecule has 26 heavy (non-hydrogen) atoms. The molecule has 1 N–H and O–H groups in total. The normalized spacial score (nSPS) is 15.9. The highest BCUT2D eigenvalue weighted by Gasteiger charge is 2.18. The van der Waals surface area contributed by atoms with E-state index in [2.05, 4.69) is 21.4 Å². The Morgan fingerprint density at radius 2 is 1.62 bits per heavy atom. The SMILES string of the molecule is CCN1CCN(c2ccc(NS(=O)(=O)c3ccc(C)cc3C)cc2)CC1. The first-order valence-electron chi connectivity index (χ1n) is 9.06. The second-order valence-corrected chi connectivity index (χ2v) is 8.49. The molecule has 1 aliphatic heterocycles. The van der Waals surface area contributed by atoms with Crippen LogP contribution in [0.2, 0.25) is 0 Å². The van der Waals surface area contributed by atoms with Gasteiger partial charge in [-0.2, -0.15) is 0 Å². The van der Waals surface area contributed by atoms with Crippen molar-refractivity contribution < 1.29 is 8.42 Å². The van der Waals surface area contributed by atoms with Crippen LogP contribution in [0.5, 0.6) is 0 Å². The van der Waals surface area contributed by atoms with E-state index in [4.69, 9.17) is 0 Å². The van der Waals surface area contributed by atoms with Crippen LogP contribution in [-0.4, -0.2) is 46.0 Å². The van der Waals surface area contributed by atoms with Crippen LogP contribution in [0.1, 0.15) is 18.1 Å². The van der Waals surface area contributed by atoms with E-state index in [1.807, 2.05) is 50.2 Å². The van der Waals surface area contributed by atoms with Crippen molar-refractivity contribution in [3.63, 3.8) is 0 Å². The highest BCUT2D eigenvalue weighted by molar-refractivity contribution is 7.92. The molecular weight excluding hydrogens is 346 g/mol. The number of rotatable bonds is 5. The summed E-state index contributed by atoms with van der Waals surface area (Å²) in [5, 5.41) is 0. The van der Waals surface area contributed by atoms with Crippen LogP contribution in [0.25, 0.3) is 0 Å². The Morgan fingerprint density at radius 1 is 0.962 bits per heavy atom. The third-order valence-corrected chi connectivity index (χ3v) is 6.47. The number of piperazine rings is 1. The predicted octanol–water partition coefficient (Wildman–Crippen LogP) is 3.25. The summed E-state index contributed by atoms with van der Waals surface area (Å²) in [7, 11) is -3.58. The van der Waals surface area contributed by atoms with Crippen LogP contribution in [0.15, 0.2) is 47.4 Å². The van der Waals surface area contributed by atoms with Crippen LogP contribution in [-0.2, 0) is 10.0 Å². The van der Waals surface area contributed by atoms with Gasteiger partial charge in [-0.05, 0) is 56.3 Å². The van der Waals surface area contributed by atoms with E-state index in [1.165, 1.54) is 0 Å². The van der Waals surface area contributed by atoms with E-state index < -0.39 is 10.0 Å². The van der Waals surface area contributed by atoms with Gasteiger partial charge in [0, 0.05) is 37.6 Å². The molecule has 0 spiro atoms. The number of nitrogens with zero attached hydrogens (tertiary/aromatic N) is 2. The number of hydrogen-bond donors (Lipinski definition) is 1. The maximum Gasteiger partial charge on any atom is 0.262 e. The topological polar surface area (TPSA) is 52.6 Å². The third-order valence-electron chi connectivity index (χ3n) is 4.92. The molecule has 0 amide bonds. The van der Waals surface area contributed by atoms with Crippen molar-refractivity contribution in [2.45, 2.75) is 25.7 Å². The monoisotopic (exact) mass is 373 g/mol. The fourth-order valence-corrected chi connectivity index (χ4v) is 4.66. The molecule has 2 aromatic rings. The summed E-state index contributed by atoms with van der Waals surface area (Å²) in [6.07, 6.45) is 0. The minimum Gasteiger partial charge on any atom is -0.369 e. The summed E-state index contributed by atoms with van der Waals surface area (Å²) >= 11 is 0. The van der Waals surface area contributed by atoms with Crippen molar-refractivity contribution >= 4 is 21.4 Å². The summed E-state index contributed by atoms with van der Waals surface area (Å²) in [6.45, 7) is 11.2. The quantitative estimate of drug-likeness (QED) is 0.874. The van der Waals surface area contributed by atoms with Gasteiger partial charge >= 0.3 is 0 Å². The molecule has 1 aliphatic rings. The molecule has 0 aliphatic carbocycles. The molecule has 1 heterocycles. The Balaban J connectivity index is 1.71. The lowest BCUT2D eigenvalue weighted by atomic mass is 10.2. The molecule has 5 nitrogen and oxygen atoms in total. The number of benzene rings is 2. The van der Waals surface area contributed by atoms with Crippen molar-refractivity contribution in [1.82, 2.24) is 4.90 Å². The fraction of sp³-hybridized carbons (Fsp3) is 0.400. The first kappa shape index (κ1) is 18.7. The molecule has 0 saturated carbocycles. The second kappa shape index (κ2) is 7.68. The molecule has 0 aromatic heterocycles. The maximum absolute atomic E-state index is 12.7. The Morgan fingerprint density at radius 3 is 2.19 bits per heavy atom. The smallest absolute Gasteiger partial charge is 0.262 e. The van der Waals surface area contributed by atoms with Crippen molar-refractivity contribution in [3.05, 3.63) is 53.6 Å². The van der Waals surface area contributed by atoms with Gasteiger partial charge in [0.05, 0.1) is 4.90 Å². The van der Waals surface area contributed by atoms with E-state index in [-0.39, 0.29) is 0 Å². The molecule has 1 fully saturated rings. The molecule has 140 valence electrons. The van der Waals surface area contributed by atoms with Crippen LogP contribution >= 0.6 is 0 Å². The van der Waals surface area contributed by atoms with Crippen molar-refractivity contribution in [1.29, 1.82) is 0 Å². The van der Waals surface area contributed by atoms with Crippen molar-refractivity contribution in [3.8, 4) is 0 Å². The minimum absolute atomic E-state index is 0.322. The van der Waals surface area contributed by atoms with E-state index in [0.717, 1.165) is 49.5 Å². The molecular formula is C20H27N3O2S. The zero-order valence-electron chi connectivity index (χ0n) is 15.7. The number of anilines is 2. The predicted molar refractivity (Wildman–Crippen MR) is 107 cm³/mol. The zero-order chi connectivity index (χ0) is 18.7. The van der Waals surface area contributed by atoms with Gasteiger partial charge in [-0.3, -0.25) is 4.72 Å². The van der Waals surface area contributed by atoms with E-state index in [9.17, 15) is 8.42 Å². The molecule has 0 bridgehead atoms. The fourth-order valence-electron chi connectivity index (χ4n) is 3.37. The molecule has 3 rings (SSSR count). The van der Waals surface area contributed by atoms with Crippen molar-refractivity contribution in [2.24, 2.45) is 0 Å². The van der Waals surface area contributed by atoms with Gasteiger partial charge in [0.2, 0.25) is 0 Å². The molecule has 1 saturated heterocycles. The van der Waals surface area contributed by atoms with Crippen LogP contribution in [0, 0.1) is 13.8 Å². The molecule has 0 atom stereocenters. The first-order chi connectivity index (χ1) is 12.4. The molecule has 0 radical (unpaired) electrons. The largest absolute Gasteiger partial charge is 0.369 e. The van der Waals surface area contributed by atoms with E-state index >= 15 is 0 Å². The van der Waals surface area contributed by atoms with Gasteiger partial charge < -0.3 is 9.80 Å².